The van der Waals surface area contributed by atoms with Crippen LogP contribution < -0.4 is 10.1 Å². The lowest BCUT2D eigenvalue weighted by molar-refractivity contribution is 0.102. The molecule has 1 amide bonds. The van der Waals surface area contributed by atoms with Crippen LogP contribution in [0.15, 0.2) is 34.9 Å². The van der Waals surface area contributed by atoms with Gasteiger partial charge in [0.15, 0.2) is 0 Å². The summed E-state index contributed by atoms with van der Waals surface area (Å²) in [6, 6.07) is 7.39. The van der Waals surface area contributed by atoms with Crippen LogP contribution in [0.5, 0.6) is 5.88 Å². The van der Waals surface area contributed by atoms with E-state index in [2.05, 4.69) is 26.3 Å². The number of nitrogens with one attached hydrogen (secondary N) is 1. The van der Waals surface area contributed by atoms with Crippen molar-refractivity contribution in [1.29, 1.82) is 0 Å². The molecule has 0 aliphatic heterocycles. The predicted molar refractivity (Wildman–Crippen MR) is 81.2 cm³/mol. The van der Waals surface area contributed by atoms with Crippen molar-refractivity contribution in [3.8, 4) is 5.88 Å². The number of benzene rings is 1. The van der Waals surface area contributed by atoms with Crippen molar-refractivity contribution in [2.24, 2.45) is 0 Å². The van der Waals surface area contributed by atoms with Crippen molar-refractivity contribution in [1.82, 2.24) is 9.78 Å². The van der Waals surface area contributed by atoms with Crippen LogP contribution in [0, 0.1) is 0 Å². The molecule has 2 rings (SSSR count). The van der Waals surface area contributed by atoms with Gasteiger partial charge in [0.1, 0.15) is 5.56 Å². The molecule has 0 radical (unpaired) electrons. The van der Waals surface area contributed by atoms with Gasteiger partial charge in [-0.15, -0.1) is 5.10 Å². The molecule has 106 valence electrons. The van der Waals surface area contributed by atoms with Crippen LogP contribution >= 0.6 is 15.9 Å². The van der Waals surface area contributed by atoms with Gasteiger partial charge in [0.05, 0.1) is 6.61 Å². The summed E-state index contributed by atoms with van der Waals surface area (Å²) in [6.07, 6.45) is 1.69. The molecule has 1 aromatic heterocycles. The Hall–Kier alpha value is -1.82. The Morgan fingerprint density at radius 2 is 2.05 bits per heavy atom. The van der Waals surface area contributed by atoms with Crippen LogP contribution in [0.4, 0.5) is 5.69 Å². The second-order valence-corrected chi connectivity index (χ2v) is 5.01. The van der Waals surface area contributed by atoms with E-state index in [1.807, 2.05) is 38.1 Å². The Bertz CT molecular complexity index is 593. The molecule has 1 N–H and O–H groups in total. The predicted octanol–water partition coefficient (Wildman–Crippen LogP) is 3.32. The van der Waals surface area contributed by atoms with Crippen molar-refractivity contribution < 1.29 is 9.53 Å². The zero-order chi connectivity index (χ0) is 14.5. The van der Waals surface area contributed by atoms with Crippen molar-refractivity contribution in [3.05, 3.63) is 40.5 Å². The molecule has 0 atom stereocenters. The zero-order valence-corrected chi connectivity index (χ0v) is 13.0. The second kappa shape index (κ2) is 6.56. The third-order valence-electron chi connectivity index (χ3n) is 2.68. The molecule has 1 heterocycles. The van der Waals surface area contributed by atoms with E-state index in [0.29, 0.717) is 24.6 Å². The minimum atomic E-state index is -0.226. The lowest BCUT2D eigenvalue weighted by Crippen LogP contribution is -2.12. The summed E-state index contributed by atoms with van der Waals surface area (Å²) in [5.41, 5.74) is 1.17. The number of aromatic nitrogens is 2. The van der Waals surface area contributed by atoms with Gasteiger partial charge in [-0.3, -0.25) is 9.48 Å². The molecule has 1 aromatic carbocycles. The molecule has 6 heteroatoms. The number of amides is 1. The SMILES string of the molecule is CCOc1nn(CC)cc1C(=O)Nc1ccc(Br)cc1. The summed E-state index contributed by atoms with van der Waals surface area (Å²) < 4.78 is 8.04. The molecule has 0 unspecified atom stereocenters. The molecule has 0 saturated carbocycles. The first-order valence-corrected chi connectivity index (χ1v) is 7.20. The van der Waals surface area contributed by atoms with Crippen LogP contribution in [0.25, 0.3) is 0 Å². The van der Waals surface area contributed by atoms with E-state index < -0.39 is 0 Å². The lowest BCUT2D eigenvalue weighted by Gasteiger charge is -2.05. The number of ether oxygens (including phenoxy) is 1. The van der Waals surface area contributed by atoms with Crippen molar-refractivity contribution in [2.75, 3.05) is 11.9 Å². The number of hydrogen-bond donors (Lipinski definition) is 1. The summed E-state index contributed by atoms with van der Waals surface area (Å²) in [5, 5.41) is 7.05. The van der Waals surface area contributed by atoms with E-state index in [0.717, 1.165) is 10.2 Å². The maximum atomic E-state index is 12.3. The largest absolute Gasteiger partial charge is 0.476 e. The van der Waals surface area contributed by atoms with Crippen LogP contribution in [-0.2, 0) is 6.54 Å². The molecule has 2 aromatic rings. The van der Waals surface area contributed by atoms with Crippen molar-refractivity contribution >= 4 is 27.5 Å². The van der Waals surface area contributed by atoms with Crippen LogP contribution in [0.1, 0.15) is 24.2 Å². The Morgan fingerprint density at radius 1 is 1.35 bits per heavy atom. The molecular formula is C14H16BrN3O2. The molecule has 0 aliphatic rings. The highest BCUT2D eigenvalue weighted by Crippen LogP contribution is 2.19. The molecule has 0 aliphatic carbocycles. The first-order valence-electron chi connectivity index (χ1n) is 6.41. The van der Waals surface area contributed by atoms with Gasteiger partial charge in [-0.1, -0.05) is 15.9 Å². The highest BCUT2D eigenvalue weighted by Gasteiger charge is 2.17. The number of aryl methyl sites for hydroxylation is 1. The standard InChI is InChI=1S/C14H16BrN3O2/c1-3-18-9-12(14(17-18)20-4-2)13(19)16-11-7-5-10(15)6-8-11/h5-9H,3-4H2,1-2H3,(H,16,19). The van der Waals surface area contributed by atoms with Crippen molar-refractivity contribution in [2.45, 2.75) is 20.4 Å². The van der Waals surface area contributed by atoms with Crippen molar-refractivity contribution in [3.63, 3.8) is 0 Å². The Balaban J connectivity index is 2.19. The molecular weight excluding hydrogens is 322 g/mol. The van der Waals surface area contributed by atoms with E-state index in [1.54, 1.807) is 10.9 Å². The van der Waals surface area contributed by atoms with Gasteiger partial charge >= 0.3 is 0 Å². The smallest absolute Gasteiger partial charge is 0.262 e. The maximum Gasteiger partial charge on any atom is 0.262 e. The molecule has 0 spiro atoms. The van der Waals surface area contributed by atoms with E-state index in [9.17, 15) is 4.79 Å². The second-order valence-electron chi connectivity index (χ2n) is 4.10. The molecule has 20 heavy (non-hydrogen) atoms. The third-order valence-corrected chi connectivity index (χ3v) is 3.21. The van der Waals surface area contributed by atoms with Gasteiger partial charge in [0.25, 0.3) is 5.91 Å². The quantitative estimate of drug-likeness (QED) is 0.910. The fourth-order valence-corrected chi connectivity index (χ4v) is 1.96. The van der Waals surface area contributed by atoms with Gasteiger partial charge < -0.3 is 10.1 Å². The summed E-state index contributed by atoms with van der Waals surface area (Å²) >= 11 is 3.36. The number of anilines is 1. The first kappa shape index (κ1) is 14.6. The van der Waals surface area contributed by atoms with Crippen LogP contribution in [-0.4, -0.2) is 22.3 Å². The zero-order valence-electron chi connectivity index (χ0n) is 11.4. The normalized spacial score (nSPS) is 10.3. The molecule has 0 bridgehead atoms. The number of nitrogens with zero attached hydrogens (tertiary/aromatic N) is 2. The Morgan fingerprint density at radius 3 is 2.65 bits per heavy atom. The summed E-state index contributed by atoms with van der Waals surface area (Å²) in [4.78, 5) is 12.3. The van der Waals surface area contributed by atoms with Gasteiger partial charge in [-0.05, 0) is 38.1 Å². The average molecular weight is 338 g/mol. The number of hydrogen-bond acceptors (Lipinski definition) is 3. The van der Waals surface area contributed by atoms with Crippen LogP contribution in [0.3, 0.4) is 0 Å². The first-order chi connectivity index (χ1) is 9.63. The molecule has 0 fully saturated rings. The fourth-order valence-electron chi connectivity index (χ4n) is 1.70. The highest BCUT2D eigenvalue weighted by atomic mass is 79.9. The summed E-state index contributed by atoms with van der Waals surface area (Å²) in [6.45, 7) is 4.98. The Kier molecular flexibility index (Phi) is 4.79. The van der Waals surface area contributed by atoms with Gasteiger partial charge in [-0.2, -0.15) is 0 Å². The monoisotopic (exact) mass is 337 g/mol. The number of carbonyl (C=O) groups excluding carboxylic acids is 1. The maximum absolute atomic E-state index is 12.3. The molecule has 0 saturated heterocycles. The fraction of sp³-hybridized carbons (Fsp3) is 0.286. The summed E-state index contributed by atoms with van der Waals surface area (Å²) in [7, 11) is 0. The van der Waals surface area contributed by atoms with E-state index in [-0.39, 0.29) is 5.91 Å². The topological polar surface area (TPSA) is 56.2 Å². The minimum absolute atomic E-state index is 0.226. The lowest BCUT2D eigenvalue weighted by atomic mass is 10.3. The van der Waals surface area contributed by atoms with Gasteiger partial charge in [0.2, 0.25) is 5.88 Å². The minimum Gasteiger partial charge on any atom is -0.476 e. The Labute approximate surface area is 126 Å². The summed E-state index contributed by atoms with van der Waals surface area (Å²) in [5.74, 6) is 0.138. The molecule has 5 nitrogen and oxygen atoms in total. The van der Waals surface area contributed by atoms with E-state index >= 15 is 0 Å². The number of rotatable bonds is 5. The van der Waals surface area contributed by atoms with E-state index in [1.165, 1.54) is 0 Å². The average Bonchev–Trinajstić information content (AvgIpc) is 2.85. The van der Waals surface area contributed by atoms with Gasteiger partial charge in [0, 0.05) is 22.9 Å². The number of halogens is 1. The van der Waals surface area contributed by atoms with Gasteiger partial charge in [-0.25, -0.2) is 0 Å². The highest BCUT2D eigenvalue weighted by molar-refractivity contribution is 9.10. The van der Waals surface area contributed by atoms with E-state index in [4.69, 9.17) is 4.74 Å². The third kappa shape index (κ3) is 3.39. The number of carbonyl (C=O) groups is 1. The van der Waals surface area contributed by atoms with Crippen LogP contribution in [0.2, 0.25) is 0 Å².